The molecule has 1 aromatic rings. The number of carbonyl (C=O) groups excluding carboxylic acids is 4. The van der Waals surface area contributed by atoms with Crippen LogP contribution in [0.3, 0.4) is 0 Å². The third kappa shape index (κ3) is 3.35. The predicted molar refractivity (Wildman–Crippen MR) is 112 cm³/mol. The summed E-state index contributed by atoms with van der Waals surface area (Å²) in [6, 6.07) is 2.57. The molecule has 8 heteroatoms. The van der Waals surface area contributed by atoms with Crippen molar-refractivity contribution in [3.05, 3.63) is 27.7 Å². The van der Waals surface area contributed by atoms with Crippen LogP contribution in [0.25, 0.3) is 0 Å². The van der Waals surface area contributed by atoms with E-state index >= 15 is 0 Å². The van der Waals surface area contributed by atoms with E-state index in [9.17, 15) is 19.2 Å². The van der Waals surface area contributed by atoms with Gasteiger partial charge in [0.25, 0.3) is 5.91 Å². The van der Waals surface area contributed by atoms with Crippen LogP contribution in [0.15, 0.2) is 16.6 Å². The zero-order valence-electron chi connectivity index (χ0n) is 17.2. The first-order chi connectivity index (χ1) is 14.2. The quantitative estimate of drug-likeness (QED) is 0.520. The second-order valence-corrected chi connectivity index (χ2v) is 9.46. The highest BCUT2D eigenvalue weighted by molar-refractivity contribution is 9.10. The van der Waals surface area contributed by atoms with Crippen molar-refractivity contribution in [1.29, 1.82) is 0 Å². The summed E-state index contributed by atoms with van der Waals surface area (Å²) < 4.78 is 6.07. The number of ether oxygens (including phenoxy) is 1. The van der Waals surface area contributed by atoms with Crippen LogP contribution in [-0.4, -0.2) is 41.2 Å². The summed E-state index contributed by atoms with van der Waals surface area (Å²) in [4.78, 5) is 51.5. The van der Waals surface area contributed by atoms with Gasteiger partial charge in [-0.1, -0.05) is 15.9 Å². The molecule has 160 valence electrons. The summed E-state index contributed by atoms with van der Waals surface area (Å²) in [7, 11) is 0. The summed E-state index contributed by atoms with van der Waals surface area (Å²) >= 11 is 3.44. The number of rotatable bonds is 5. The van der Waals surface area contributed by atoms with Gasteiger partial charge in [0.05, 0.1) is 11.8 Å². The Morgan fingerprint density at radius 1 is 1.13 bits per heavy atom. The van der Waals surface area contributed by atoms with Crippen LogP contribution >= 0.6 is 15.9 Å². The Labute approximate surface area is 183 Å². The molecule has 1 heterocycles. The number of anilines is 1. The van der Waals surface area contributed by atoms with E-state index in [1.54, 1.807) is 6.07 Å². The van der Waals surface area contributed by atoms with E-state index in [1.807, 2.05) is 19.9 Å². The second kappa shape index (κ2) is 7.80. The molecule has 3 amide bonds. The molecule has 1 aliphatic heterocycles. The lowest BCUT2D eigenvalue weighted by molar-refractivity contribution is -0.159. The van der Waals surface area contributed by atoms with Gasteiger partial charge in [-0.25, -0.2) is 4.79 Å². The number of hydrogen-bond acceptors (Lipinski definition) is 5. The maximum Gasteiger partial charge on any atom is 0.329 e. The van der Waals surface area contributed by atoms with Gasteiger partial charge in [0.2, 0.25) is 11.8 Å². The predicted octanol–water partition coefficient (Wildman–Crippen LogP) is 2.97. The number of benzene rings is 1. The van der Waals surface area contributed by atoms with Crippen LogP contribution in [0.2, 0.25) is 0 Å². The van der Waals surface area contributed by atoms with Crippen LogP contribution in [0.5, 0.6) is 0 Å². The minimum absolute atomic E-state index is 0.257. The Hall–Kier alpha value is -2.22. The van der Waals surface area contributed by atoms with Crippen molar-refractivity contribution in [3.63, 3.8) is 0 Å². The van der Waals surface area contributed by atoms with Gasteiger partial charge in [-0.05, 0) is 75.1 Å². The first kappa shape index (κ1) is 21.0. The number of esters is 1. The van der Waals surface area contributed by atoms with Crippen LogP contribution in [0.4, 0.5) is 5.69 Å². The number of halogens is 1. The van der Waals surface area contributed by atoms with E-state index in [4.69, 9.17) is 4.74 Å². The van der Waals surface area contributed by atoms with E-state index in [1.165, 1.54) is 6.92 Å². The molecule has 3 fully saturated rings. The molecular weight excluding hydrogens is 452 g/mol. The molecule has 0 spiro atoms. The Morgan fingerprint density at radius 2 is 1.73 bits per heavy atom. The summed E-state index contributed by atoms with van der Waals surface area (Å²) in [5.74, 6) is -1.78. The van der Waals surface area contributed by atoms with Crippen molar-refractivity contribution in [2.45, 2.75) is 46.1 Å². The molecule has 2 bridgehead atoms. The van der Waals surface area contributed by atoms with Crippen molar-refractivity contribution in [2.24, 2.45) is 23.7 Å². The lowest BCUT2D eigenvalue weighted by Gasteiger charge is -2.23. The first-order valence-corrected chi connectivity index (χ1v) is 11.1. The molecule has 2 saturated carbocycles. The second-order valence-electron chi connectivity index (χ2n) is 8.61. The van der Waals surface area contributed by atoms with Gasteiger partial charge < -0.3 is 10.1 Å². The van der Waals surface area contributed by atoms with Gasteiger partial charge in [0, 0.05) is 10.2 Å². The molecule has 1 saturated heterocycles. The highest BCUT2D eigenvalue weighted by Crippen LogP contribution is 2.56. The highest BCUT2D eigenvalue weighted by Gasteiger charge is 2.62. The van der Waals surface area contributed by atoms with Gasteiger partial charge >= 0.3 is 5.97 Å². The Balaban J connectivity index is 1.35. The van der Waals surface area contributed by atoms with Gasteiger partial charge in [-0.15, -0.1) is 0 Å². The molecule has 0 radical (unpaired) electrons. The Morgan fingerprint density at radius 3 is 2.33 bits per heavy atom. The Bertz CT molecular complexity index is 918. The lowest BCUT2D eigenvalue weighted by Crippen LogP contribution is -2.45. The number of hydrogen-bond donors (Lipinski definition) is 1. The fraction of sp³-hybridized carbons (Fsp3) is 0.545. The summed E-state index contributed by atoms with van der Waals surface area (Å²) in [6.07, 6.45) is 2.90. The van der Waals surface area contributed by atoms with E-state index in [2.05, 4.69) is 21.2 Å². The number of likely N-dealkylation sites (tertiary alicyclic amines) is 1. The monoisotopic (exact) mass is 476 g/mol. The molecule has 4 rings (SSSR count). The standard InChI is InChI=1S/C22H25BrN2O5/c1-10-11(2)16(7-6-15(10)23)24-17(26)9-30-22(29)12(3)25-20(27)18-13-4-5-14(8-13)19(18)21(25)28/h6-7,12-14,18-19H,4-5,8-9H2,1-3H3,(H,24,26)/t12-,13+,14+,18-,19+/m1/s1. The molecule has 5 atom stereocenters. The molecular formula is C22H25BrN2O5. The van der Waals surface area contributed by atoms with Crippen molar-refractivity contribution in [2.75, 3.05) is 11.9 Å². The first-order valence-electron chi connectivity index (χ1n) is 10.3. The van der Waals surface area contributed by atoms with E-state index in [0.717, 1.165) is 39.8 Å². The summed E-state index contributed by atoms with van der Waals surface area (Å²) in [5, 5.41) is 2.73. The lowest BCUT2D eigenvalue weighted by atomic mass is 9.81. The van der Waals surface area contributed by atoms with Crippen molar-refractivity contribution in [3.8, 4) is 0 Å². The van der Waals surface area contributed by atoms with Crippen LogP contribution in [-0.2, 0) is 23.9 Å². The molecule has 7 nitrogen and oxygen atoms in total. The fourth-order valence-corrected chi connectivity index (χ4v) is 5.72. The molecule has 30 heavy (non-hydrogen) atoms. The van der Waals surface area contributed by atoms with Crippen molar-refractivity contribution < 1.29 is 23.9 Å². The average molecular weight is 477 g/mol. The Kier molecular flexibility index (Phi) is 5.46. The van der Waals surface area contributed by atoms with E-state index in [0.29, 0.717) is 5.69 Å². The normalized spacial score (nSPS) is 27.9. The van der Waals surface area contributed by atoms with Gasteiger partial charge in [0.1, 0.15) is 6.04 Å². The van der Waals surface area contributed by atoms with Gasteiger partial charge in [-0.3, -0.25) is 19.3 Å². The molecule has 1 N–H and O–H groups in total. The number of nitrogens with one attached hydrogen (secondary N) is 1. The topological polar surface area (TPSA) is 92.8 Å². The smallest absolute Gasteiger partial charge is 0.329 e. The SMILES string of the molecule is Cc1c(Br)ccc(NC(=O)COC(=O)[C@@H](C)N2C(=O)[C@@H]3[C@H]4CC[C@@H](C4)[C@@H]3C2=O)c1C. The fourth-order valence-electron chi connectivity index (χ4n) is 5.29. The zero-order valence-corrected chi connectivity index (χ0v) is 18.8. The highest BCUT2D eigenvalue weighted by atomic mass is 79.9. The molecule has 0 aromatic heterocycles. The molecule has 0 unspecified atom stereocenters. The molecule has 1 aromatic carbocycles. The third-order valence-corrected chi connectivity index (χ3v) is 7.89. The minimum Gasteiger partial charge on any atom is -0.454 e. The maximum atomic E-state index is 12.8. The van der Waals surface area contributed by atoms with Gasteiger partial charge in [-0.2, -0.15) is 0 Å². The minimum atomic E-state index is -1.03. The van der Waals surface area contributed by atoms with Gasteiger partial charge in [0.15, 0.2) is 6.61 Å². The summed E-state index contributed by atoms with van der Waals surface area (Å²) in [5.41, 5.74) is 2.55. The van der Waals surface area contributed by atoms with E-state index < -0.39 is 24.5 Å². The molecule has 2 aliphatic carbocycles. The van der Waals surface area contributed by atoms with Crippen LogP contribution in [0, 0.1) is 37.5 Å². The van der Waals surface area contributed by atoms with Crippen molar-refractivity contribution in [1.82, 2.24) is 4.90 Å². The van der Waals surface area contributed by atoms with Crippen LogP contribution < -0.4 is 5.32 Å². The number of nitrogens with zero attached hydrogens (tertiary/aromatic N) is 1. The number of imide groups is 1. The maximum absolute atomic E-state index is 12.8. The largest absolute Gasteiger partial charge is 0.454 e. The average Bonchev–Trinajstić information content (AvgIpc) is 3.40. The van der Waals surface area contributed by atoms with Crippen molar-refractivity contribution >= 4 is 45.3 Å². The number of fused-ring (bicyclic) bond motifs is 5. The molecule has 3 aliphatic rings. The zero-order chi connectivity index (χ0) is 21.7. The van der Waals surface area contributed by atoms with Crippen LogP contribution in [0.1, 0.15) is 37.3 Å². The summed E-state index contributed by atoms with van der Waals surface area (Å²) in [6.45, 7) is 4.83. The van der Waals surface area contributed by atoms with E-state index in [-0.39, 0.29) is 35.5 Å². The third-order valence-electron chi connectivity index (χ3n) is 7.03. The number of carbonyl (C=O) groups is 4. The number of amides is 3.